The van der Waals surface area contributed by atoms with E-state index >= 15 is 0 Å². The number of carbonyl (C=O) groups is 1. The molecule has 1 N–H and O–H groups in total. The van der Waals surface area contributed by atoms with Crippen LogP contribution in [-0.2, 0) is 20.6 Å². The van der Waals surface area contributed by atoms with E-state index in [2.05, 4.69) is 0 Å². The number of sulfonamides is 1. The van der Waals surface area contributed by atoms with Gasteiger partial charge in [-0.05, 0) is 25.3 Å². The summed E-state index contributed by atoms with van der Waals surface area (Å²) in [5, 5.41) is 9.04. The SMILES string of the molecule is Cc1ccc(CS(=O)(=O)N2CCC[C@@H]2C(=O)O)cc1. The molecule has 0 saturated carbocycles. The van der Waals surface area contributed by atoms with E-state index in [-0.39, 0.29) is 5.75 Å². The maximum absolute atomic E-state index is 12.3. The monoisotopic (exact) mass is 283 g/mol. The highest BCUT2D eigenvalue weighted by Gasteiger charge is 2.38. The second-order valence-corrected chi connectivity index (χ2v) is 6.77. The van der Waals surface area contributed by atoms with Gasteiger partial charge in [-0.25, -0.2) is 8.42 Å². The molecule has 0 bridgehead atoms. The summed E-state index contributed by atoms with van der Waals surface area (Å²) in [5.41, 5.74) is 1.74. The van der Waals surface area contributed by atoms with Crippen LogP contribution < -0.4 is 0 Å². The minimum Gasteiger partial charge on any atom is -0.480 e. The highest BCUT2D eigenvalue weighted by molar-refractivity contribution is 7.88. The lowest BCUT2D eigenvalue weighted by atomic mass is 10.2. The van der Waals surface area contributed by atoms with Gasteiger partial charge in [0.25, 0.3) is 0 Å². The Bertz CT molecular complexity index is 565. The van der Waals surface area contributed by atoms with Crippen LogP contribution in [0.25, 0.3) is 0 Å². The predicted molar refractivity (Wildman–Crippen MR) is 71.2 cm³/mol. The highest BCUT2D eigenvalue weighted by atomic mass is 32.2. The molecule has 0 radical (unpaired) electrons. The fourth-order valence-electron chi connectivity index (χ4n) is 2.30. The number of carboxylic acid groups (broad SMARTS) is 1. The maximum Gasteiger partial charge on any atom is 0.322 e. The van der Waals surface area contributed by atoms with Crippen molar-refractivity contribution in [3.8, 4) is 0 Å². The molecule has 5 nitrogen and oxygen atoms in total. The van der Waals surface area contributed by atoms with Crippen LogP contribution in [0.5, 0.6) is 0 Å². The van der Waals surface area contributed by atoms with E-state index in [1.165, 1.54) is 0 Å². The van der Waals surface area contributed by atoms with Gasteiger partial charge in [-0.2, -0.15) is 4.31 Å². The average Bonchev–Trinajstić information content (AvgIpc) is 2.82. The molecule has 0 amide bonds. The van der Waals surface area contributed by atoms with Crippen LogP contribution >= 0.6 is 0 Å². The predicted octanol–water partition coefficient (Wildman–Crippen LogP) is 1.37. The zero-order chi connectivity index (χ0) is 14.0. The van der Waals surface area contributed by atoms with Gasteiger partial charge in [0.2, 0.25) is 10.0 Å². The Labute approximate surface area is 112 Å². The zero-order valence-electron chi connectivity index (χ0n) is 10.7. The smallest absolute Gasteiger partial charge is 0.322 e. The molecule has 2 rings (SSSR count). The van der Waals surface area contributed by atoms with Crippen LogP contribution in [0.2, 0.25) is 0 Å². The van der Waals surface area contributed by atoms with Crippen molar-refractivity contribution < 1.29 is 18.3 Å². The van der Waals surface area contributed by atoms with Gasteiger partial charge in [0.15, 0.2) is 0 Å². The number of carboxylic acids is 1. The number of hydrogen-bond donors (Lipinski definition) is 1. The molecule has 1 atom stereocenters. The third-order valence-electron chi connectivity index (χ3n) is 3.32. The highest BCUT2D eigenvalue weighted by Crippen LogP contribution is 2.23. The molecule has 1 aromatic carbocycles. The van der Waals surface area contributed by atoms with Crippen LogP contribution in [-0.4, -0.2) is 36.4 Å². The van der Waals surface area contributed by atoms with Crippen LogP contribution in [0.15, 0.2) is 24.3 Å². The van der Waals surface area contributed by atoms with Gasteiger partial charge in [0.1, 0.15) is 6.04 Å². The number of hydrogen-bond acceptors (Lipinski definition) is 3. The number of benzene rings is 1. The molecule has 0 spiro atoms. The molecular weight excluding hydrogens is 266 g/mol. The van der Waals surface area contributed by atoms with Gasteiger partial charge >= 0.3 is 5.97 Å². The van der Waals surface area contributed by atoms with E-state index in [0.717, 1.165) is 9.87 Å². The Morgan fingerprint density at radius 1 is 1.37 bits per heavy atom. The van der Waals surface area contributed by atoms with Gasteiger partial charge in [-0.3, -0.25) is 4.79 Å². The van der Waals surface area contributed by atoms with Crippen molar-refractivity contribution in [2.45, 2.75) is 31.6 Å². The normalized spacial score (nSPS) is 20.6. The third-order valence-corrected chi connectivity index (χ3v) is 5.17. The molecule has 0 aliphatic carbocycles. The van der Waals surface area contributed by atoms with E-state index in [4.69, 9.17) is 5.11 Å². The van der Waals surface area contributed by atoms with E-state index < -0.39 is 22.0 Å². The van der Waals surface area contributed by atoms with Crippen LogP contribution in [0.4, 0.5) is 0 Å². The van der Waals surface area contributed by atoms with E-state index in [1.807, 2.05) is 19.1 Å². The lowest BCUT2D eigenvalue weighted by Crippen LogP contribution is -2.40. The largest absolute Gasteiger partial charge is 0.480 e. The van der Waals surface area contributed by atoms with Crippen molar-refractivity contribution in [1.29, 1.82) is 0 Å². The lowest BCUT2D eigenvalue weighted by molar-refractivity contribution is -0.140. The molecule has 104 valence electrons. The first-order valence-corrected chi connectivity index (χ1v) is 7.79. The van der Waals surface area contributed by atoms with Gasteiger partial charge < -0.3 is 5.11 Å². The summed E-state index contributed by atoms with van der Waals surface area (Å²) < 4.78 is 25.6. The van der Waals surface area contributed by atoms with Crippen molar-refractivity contribution in [3.05, 3.63) is 35.4 Å². The molecule has 1 fully saturated rings. The standard InChI is InChI=1S/C13H17NO4S/c1-10-4-6-11(7-5-10)9-19(17,18)14-8-2-3-12(14)13(15)16/h4-7,12H,2-3,8-9H2,1H3,(H,15,16)/t12-/m1/s1. The molecule has 1 heterocycles. The molecule has 1 saturated heterocycles. The summed E-state index contributed by atoms with van der Waals surface area (Å²) in [6.07, 6.45) is 0.993. The molecular formula is C13H17NO4S. The number of aryl methyl sites for hydroxylation is 1. The number of rotatable bonds is 4. The fourth-order valence-corrected chi connectivity index (χ4v) is 4.07. The molecule has 6 heteroatoms. The van der Waals surface area contributed by atoms with Crippen molar-refractivity contribution >= 4 is 16.0 Å². The molecule has 1 aliphatic heterocycles. The Balaban J connectivity index is 2.18. The summed E-state index contributed by atoms with van der Waals surface area (Å²) in [4.78, 5) is 11.0. The molecule has 0 unspecified atom stereocenters. The Kier molecular flexibility index (Phi) is 3.91. The van der Waals surface area contributed by atoms with Gasteiger partial charge in [0.05, 0.1) is 5.75 Å². The van der Waals surface area contributed by atoms with Crippen molar-refractivity contribution in [2.75, 3.05) is 6.54 Å². The number of aliphatic carboxylic acids is 1. The van der Waals surface area contributed by atoms with Crippen LogP contribution in [0, 0.1) is 6.92 Å². The summed E-state index contributed by atoms with van der Waals surface area (Å²) in [6, 6.07) is 6.32. The van der Waals surface area contributed by atoms with E-state index in [0.29, 0.717) is 24.9 Å². The first-order valence-electron chi connectivity index (χ1n) is 6.18. The lowest BCUT2D eigenvalue weighted by Gasteiger charge is -2.20. The Hall–Kier alpha value is -1.40. The number of nitrogens with zero attached hydrogens (tertiary/aromatic N) is 1. The van der Waals surface area contributed by atoms with Crippen LogP contribution in [0.3, 0.4) is 0 Å². The molecule has 1 aromatic rings. The maximum atomic E-state index is 12.3. The summed E-state index contributed by atoms with van der Waals surface area (Å²) in [7, 11) is -3.57. The summed E-state index contributed by atoms with van der Waals surface area (Å²) in [6.45, 7) is 2.23. The van der Waals surface area contributed by atoms with E-state index in [9.17, 15) is 13.2 Å². The van der Waals surface area contributed by atoms with Crippen molar-refractivity contribution in [3.63, 3.8) is 0 Å². The Morgan fingerprint density at radius 2 is 2.00 bits per heavy atom. The molecule has 19 heavy (non-hydrogen) atoms. The van der Waals surface area contributed by atoms with Crippen molar-refractivity contribution in [1.82, 2.24) is 4.31 Å². The topological polar surface area (TPSA) is 74.7 Å². The first kappa shape index (κ1) is 14.0. The zero-order valence-corrected chi connectivity index (χ0v) is 11.6. The average molecular weight is 283 g/mol. The summed E-state index contributed by atoms with van der Waals surface area (Å²) >= 11 is 0. The second kappa shape index (κ2) is 5.30. The minimum atomic E-state index is -3.57. The molecule has 1 aliphatic rings. The van der Waals surface area contributed by atoms with Crippen molar-refractivity contribution in [2.24, 2.45) is 0 Å². The first-order chi connectivity index (χ1) is 8.90. The third kappa shape index (κ3) is 3.13. The fraction of sp³-hybridized carbons (Fsp3) is 0.462. The van der Waals surface area contributed by atoms with Gasteiger partial charge in [-0.15, -0.1) is 0 Å². The Morgan fingerprint density at radius 3 is 2.58 bits per heavy atom. The van der Waals surface area contributed by atoms with Crippen LogP contribution in [0.1, 0.15) is 24.0 Å². The van der Waals surface area contributed by atoms with Gasteiger partial charge in [-0.1, -0.05) is 29.8 Å². The molecule has 0 aromatic heterocycles. The summed E-state index contributed by atoms with van der Waals surface area (Å²) in [5.74, 6) is -1.21. The second-order valence-electron chi connectivity index (χ2n) is 4.85. The van der Waals surface area contributed by atoms with E-state index in [1.54, 1.807) is 12.1 Å². The minimum absolute atomic E-state index is 0.142. The van der Waals surface area contributed by atoms with Gasteiger partial charge in [0, 0.05) is 6.54 Å². The quantitative estimate of drug-likeness (QED) is 0.905.